The van der Waals surface area contributed by atoms with Crippen LogP contribution in [0.15, 0.2) is 47.1 Å². The average Bonchev–Trinajstić information content (AvgIpc) is 3.34. The molecule has 3 heterocycles. The Kier molecular flexibility index (Phi) is 3.88. The van der Waals surface area contributed by atoms with Crippen LogP contribution in [0.3, 0.4) is 0 Å². The number of rotatable bonds is 3. The van der Waals surface area contributed by atoms with Gasteiger partial charge >= 0.3 is 5.97 Å². The second-order valence-corrected chi connectivity index (χ2v) is 6.82. The number of halogens is 1. The van der Waals surface area contributed by atoms with E-state index in [1.165, 1.54) is 37.6 Å². The van der Waals surface area contributed by atoms with E-state index >= 15 is 0 Å². The number of amides is 2. The van der Waals surface area contributed by atoms with E-state index in [4.69, 9.17) is 9.15 Å². The molecule has 140 valence electrons. The highest BCUT2D eigenvalue weighted by Gasteiger charge is 2.67. The van der Waals surface area contributed by atoms with Crippen molar-refractivity contribution in [2.45, 2.75) is 18.5 Å². The highest BCUT2D eigenvalue weighted by molar-refractivity contribution is 6.24. The van der Waals surface area contributed by atoms with E-state index in [-0.39, 0.29) is 5.69 Å². The summed E-state index contributed by atoms with van der Waals surface area (Å²) in [5.41, 5.74) is -1.15. The molecule has 2 aromatic rings. The molecule has 0 bridgehead atoms. The summed E-state index contributed by atoms with van der Waals surface area (Å²) in [6.07, 6.45) is 1.46. The molecule has 27 heavy (non-hydrogen) atoms. The van der Waals surface area contributed by atoms with Gasteiger partial charge in [-0.05, 0) is 43.3 Å². The SMILES string of the molecule is COC(=O)[C@@]1(C)N[C@@H](c2ccco2)[C@H]2C(=O)N(c3ccc(F)cc3)C(=O)[C@H]21. The molecule has 4 atom stereocenters. The molecular weight excluding hydrogens is 355 g/mol. The highest BCUT2D eigenvalue weighted by Crippen LogP contribution is 2.49. The summed E-state index contributed by atoms with van der Waals surface area (Å²) in [5.74, 6) is -3.51. The molecule has 1 N–H and O–H groups in total. The third kappa shape index (κ3) is 2.40. The lowest BCUT2D eigenvalue weighted by Gasteiger charge is -2.28. The Bertz CT molecular complexity index is 911. The van der Waals surface area contributed by atoms with Crippen molar-refractivity contribution < 1.29 is 27.9 Å². The molecule has 8 heteroatoms. The zero-order valence-electron chi connectivity index (χ0n) is 14.6. The van der Waals surface area contributed by atoms with Crippen LogP contribution in [0.1, 0.15) is 18.7 Å². The summed E-state index contributed by atoms with van der Waals surface area (Å²) < 4.78 is 23.6. The number of carbonyl (C=O) groups excluding carboxylic acids is 3. The van der Waals surface area contributed by atoms with E-state index in [0.29, 0.717) is 5.76 Å². The lowest BCUT2D eigenvalue weighted by molar-refractivity contribution is -0.151. The molecule has 2 aliphatic rings. The number of furan rings is 1. The van der Waals surface area contributed by atoms with Crippen molar-refractivity contribution in [2.75, 3.05) is 12.0 Å². The van der Waals surface area contributed by atoms with Gasteiger partial charge in [0.1, 0.15) is 17.1 Å². The minimum absolute atomic E-state index is 0.256. The van der Waals surface area contributed by atoms with Crippen molar-refractivity contribution in [3.8, 4) is 0 Å². The van der Waals surface area contributed by atoms with Crippen molar-refractivity contribution in [3.05, 3.63) is 54.2 Å². The van der Waals surface area contributed by atoms with Crippen LogP contribution in [-0.4, -0.2) is 30.4 Å². The zero-order chi connectivity index (χ0) is 19.3. The standard InChI is InChI=1S/C19H17FN2O5/c1-19(18(25)26-2)14-13(15(21-19)12-4-3-9-27-12)16(23)22(17(14)24)11-7-5-10(20)6-8-11/h3-9,13-15,21H,1-2H3/t13-,14-,15-,19-/m0/s1. The first kappa shape index (κ1) is 17.4. The van der Waals surface area contributed by atoms with Gasteiger partial charge in [0.15, 0.2) is 0 Å². The first-order chi connectivity index (χ1) is 12.9. The molecule has 7 nitrogen and oxygen atoms in total. The van der Waals surface area contributed by atoms with Gasteiger partial charge in [-0.15, -0.1) is 0 Å². The smallest absolute Gasteiger partial charge is 0.326 e. The van der Waals surface area contributed by atoms with E-state index in [1.807, 2.05) is 0 Å². The maximum absolute atomic E-state index is 13.2. The van der Waals surface area contributed by atoms with Crippen LogP contribution in [-0.2, 0) is 19.1 Å². The number of imide groups is 1. The van der Waals surface area contributed by atoms with Crippen molar-refractivity contribution in [2.24, 2.45) is 11.8 Å². The fourth-order valence-electron chi connectivity index (χ4n) is 4.10. The lowest BCUT2D eigenvalue weighted by Crippen LogP contribution is -2.54. The van der Waals surface area contributed by atoms with Crippen LogP contribution < -0.4 is 10.2 Å². The van der Waals surface area contributed by atoms with Gasteiger partial charge in [0, 0.05) is 0 Å². The molecule has 0 aliphatic carbocycles. The van der Waals surface area contributed by atoms with Crippen LogP contribution in [0, 0.1) is 17.7 Å². The molecule has 1 aromatic heterocycles. The number of methoxy groups -OCH3 is 1. The minimum atomic E-state index is -1.40. The first-order valence-electron chi connectivity index (χ1n) is 8.41. The van der Waals surface area contributed by atoms with Gasteiger partial charge in [0.25, 0.3) is 0 Å². The third-order valence-corrected chi connectivity index (χ3v) is 5.33. The summed E-state index contributed by atoms with van der Waals surface area (Å²) in [5, 5.41) is 3.07. The number of hydrogen-bond donors (Lipinski definition) is 1. The van der Waals surface area contributed by atoms with Gasteiger partial charge < -0.3 is 9.15 Å². The number of fused-ring (bicyclic) bond motifs is 1. The highest BCUT2D eigenvalue weighted by atomic mass is 19.1. The summed E-state index contributed by atoms with van der Waals surface area (Å²) in [6.45, 7) is 1.54. The molecule has 4 rings (SSSR count). The maximum Gasteiger partial charge on any atom is 0.326 e. The van der Waals surface area contributed by atoms with Crippen LogP contribution >= 0.6 is 0 Å². The van der Waals surface area contributed by atoms with Crippen molar-refractivity contribution in [3.63, 3.8) is 0 Å². The normalized spacial score (nSPS) is 29.9. The number of esters is 1. The van der Waals surface area contributed by atoms with E-state index in [9.17, 15) is 18.8 Å². The molecule has 0 unspecified atom stereocenters. The largest absolute Gasteiger partial charge is 0.468 e. The van der Waals surface area contributed by atoms with E-state index in [0.717, 1.165) is 4.90 Å². The fourth-order valence-corrected chi connectivity index (χ4v) is 4.10. The first-order valence-corrected chi connectivity index (χ1v) is 8.41. The van der Waals surface area contributed by atoms with Gasteiger partial charge in [0.2, 0.25) is 11.8 Å². The second kappa shape index (κ2) is 6.02. The number of carbonyl (C=O) groups is 3. The molecule has 2 fully saturated rings. The average molecular weight is 372 g/mol. The topological polar surface area (TPSA) is 88.8 Å². The fraction of sp³-hybridized carbons (Fsp3) is 0.316. The quantitative estimate of drug-likeness (QED) is 0.653. The monoisotopic (exact) mass is 372 g/mol. The van der Waals surface area contributed by atoms with E-state index < -0.39 is 47.0 Å². The van der Waals surface area contributed by atoms with Crippen molar-refractivity contribution in [1.29, 1.82) is 0 Å². The van der Waals surface area contributed by atoms with Gasteiger partial charge in [-0.25, -0.2) is 9.29 Å². The third-order valence-electron chi connectivity index (χ3n) is 5.33. The lowest BCUT2D eigenvalue weighted by atomic mass is 9.81. The Morgan fingerprint density at radius 3 is 2.52 bits per heavy atom. The summed E-state index contributed by atoms with van der Waals surface area (Å²) in [6, 6.07) is 7.73. The van der Waals surface area contributed by atoms with Crippen LogP contribution in [0.4, 0.5) is 10.1 Å². The minimum Gasteiger partial charge on any atom is -0.468 e. The number of anilines is 1. The Balaban J connectivity index is 1.81. The Morgan fingerprint density at radius 2 is 1.93 bits per heavy atom. The number of ether oxygens (including phenoxy) is 1. The van der Waals surface area contributed by atoms with Gasteiger partial charge in [0.05, 0.1) is 36.9 Å². The number of nitrogens with zero attached hydrogens (tertiary/aromatic N) is 1. The predicted octanol–water partition coefficient (Wildman–Crippen LogP) is 1.80. The number of benzene rings is 1. The van der Waals surface area contributed by atoms with Gasteiger partial charge in [-0.1, -0.05) is 0 Å². The maximum atomic E-state index is 13.2. The molecule has 2 amide bonds. The summed E-state index contributed by atoms with van der Waals surface area (Å²) >= 11 is 0. The summed E-state index contributed by atoms with van der Waals surface area (Å²) in [4.78, 5) is 39.8. The second-order valence-electron chi connectivity index (χ2n) is 6.82. The van der Waals surface area contributed by atoms with E-state index in [2.05, 4.69) is 5.32 Å². The van der Waals surface area contributed by atoms with E-state index in [1.54, 1.807) is 19.1 Å². The molecule has 0 saturated carbocycles. The zero-order valence-corrected chi connectivity index (χ0v) is 14.6. The molecular formula is C19H17FN2O5. The van der Waals surface area contributed by atoms with Crippen LogP contribution in [0.5, 0.6) is 0 Å². The molecule has 0 radical (unpaired) electrons. The molecule has 0 spiro atoms. The predicted molar refractivity (Wildman–Crippen MR) is 90.9 cm³/mol. The van der Waals surface area contributed by atoms with Crippen LogP contribution in [0.2, 0.25) is 0 Å². The molecule has 1 aromatic carbocycles. The summed E-state index contributed by atoms with van der Waals surface area (Å²) in [7, 11) is 1.23. The Hall–Kier alpha value is -3.00. The number of hydrogen-bond acceptors (Lipinski definition) is 6. The Labute approximate surface area is 154 Å². The van der Waals surface area contributed by atoms with Crippen molar-refractivity contribution >= 4 is 23.5 Å². The van der Waals surface area contributed by atoms with Gasteiger partial charge in [-0.3, -0.25) is 19.7 Å². The van der Waals surface area contributed by atoms with Gasteiger partial charge in [-0.2, -0.15) is 0 Å². The van der Waals surface area contributed by atoms with Crippen LogP contribution in [0.25, 0.3) is 0 Å². The molecule has 2 aliphatic heterocycles. The van der Waals surface area contributed by atoms with Crippen molar-refractivity contribution in [1.82, 2.24) is 5.32 Å². The Morgan fingerprint density at radius 1 is 1.22 bits per heavy atom. The number of nitrogens with one attached hydrogen (secondary N) is 1. The molecule has 2 saturated heterocycles.